The third-order valence-electron chi connectivity index (χ3n) is 4.28. The number of benzene rings is 1. The van der Waals surface area contributed by atoms with Gasteiger partial charge in [-0.3, -0.25) is 4.79 Å². The minimum absolute atomic E-state index is 0. The first kappa shape index (κ1) is 18.7. The zero-order chi connectivity index (χ0) is 16.2. The largest absolute Gasteiger partial charge is 0.493 e. The van der Waals surface area contributed by atoms with Crippen molar-refractivity contribution >= 4 is 18.3 Å². The molecule has 0 aliphatic carbocycles. The number of rotatable bonds is 5. The molecule has 0 radical (unpaired) electrons. The van der Waals surface area contributed by atoms with E-state index in [2.05, 4.69) is 12.2 Å². The van der Waals surface area contributed by atoms with E-state index in [1.54, 1.807) is 19.2 Å². The predicted molar refractivity (Wildman–Crippen MR) is 93.8 cm³/mol. The highest BCUT2D eigenvalue weighted by Crippen LogP contribution is 2.40. The standard InChI is InChI=1S/C17H24N2O4.ClH/c1-3-6-19(13-4-5-18-11-13)17(20)12-9-14(21-2)16-15(10-12)22-7-8-23-16;/h9-10,13,18H,3-8,11H2,1-2H3;1H. The van der Waals surface area contributed by atoms with Crippen molar-refractivity contribution in [2.75, 3.05) is 40.0 Å². The molecule has 1 fully saturated rings. The SMILES string of the molecule is CCCN(C(=O)c1cc(OC)c2c(c1)OCCO2)C1CCNC1.Cl. The maximum Gasteiger partial charge on any atom is 0.254 e. The van der Waals surface area contributed by atoms with E-state index in [1.165, 1.54) is 0 Å². The number of nitrogens with zero attached hydrogens (tertiary/aromatic N) is 1. The van der Waals surface area contributed by atoms with Crippen molar-refractivity contribution in [2.45, 2.75) is 25.8 Å². The van der Waals surface area contributed by atoms with Crippen LogP contribution in [0.1, 0.15) is 30.1 Å². The number of methoxy groups -OCH3 is 1. The molecule has 2 aliphatic heterocycles. The van der Waals surface area contributed by atoms with Crippen LogP contribution < -0.4 is 19.5 Å². The van der Waals surface area contributed by atoms with Gasteiger partial charge >= 0.3 is 0 Å². The number of hydrogen-bond acceptors (Lipinski definition) is 5. The van der Waals surface area contributed by atoms with Gasteiger partial charge in [-0.1, -0.05) is 6.92 Å². The topological polar surface area (TPSA) is 60.0 Å². The molecule has 1 atom stereocenters. The second-order valence-corrected chi connectivity index (χ2v) is 5.85. The van der Waals surface area contributed by atoms with Crippen LogP contribution in [0.25, 0.3) is 0 Å². The van der Waals surface area contributed by atoms with E-state index in [9.17, 15) is 4.79 Å². The monoisotopic (exact) mass is 356 g/mol. The molecule has 24 heavy (non-hydrogen) atoms. The lowest BCUT2D eigenvalue weighted by Gasteiger charge is -2.29. The Labute approximate surface area is 148 Å². The fourth-order valence-electron chi connectivity index (χ4n) is 3.16. The number of ether oxygens (including phenoxy) is 3. The van der Waals surface area contributed by atoms with E-state index in [4.69, 9.17) is 14.2 Å². The normalized spacial score (nSPS) is 18.7. The van der Waals surface area contributed by atoms with Crippen LogP contribution in [0.15, 0.2) is 12.1 Å². The van der Waals surface area contributed by atoms with Crippen molar-refractivity contribution < 1.29 is 19.0 Å². The van der Waals surface area contributed by atoms with Gasteiger partial charge in [0.2, 0.25) is 5.75 Å². The number of fused-ring (bicyclic) bond motifs is 1. The highest BCUT2D eigenvalue weighted by atomic mass is 35.5. The van der Waals surface area contributed by atoms with Gasteiger partial charge in [0, 0.05) is 24.7 Å². The first-order chi connectivity index (χ1) is 11.2. The molecule has 1 amide bonds. The summed E-state index contributed by atoms with van der Waals surface area (Å²) < 4.78 is 16.6. The smallest absolute Gasteiger partial charge is 0.254 e. The first-order valence-corrected chi connectivity index (χ1v) is 8.24. The predicted octanol–water partition coefficient (Wildman–Crippen LogP) is 2.10. The Morgan fingerprint density at radius 3 is 2.83 bits per heavy atom. The number of nitrogens with one attached hydrogen (secondary N) is 1. The third-order valence-corrected chi connectivity index (χ3v) is 4.28. The fourth-order valence-corrected chi connectivity index (χ4v) is 3.16. The van der Waals surface area contributed by atoms with Gasteiger partial charge in [-0.15, -0.1) is 12.4 Å². The summed E-state index contributed by atoms with van der Waals surface area (Å²) in [6.45, 7) is 5.64. The minimum atomic E-state index is 0. The molecule has 1 aromatic carbocycles. The molecule has 0 saturated carbocycles. The highest BCUT2D eigenvalue weighted by molar-refractivity contribution is 5.96. The Kier molecular flexibility index (Phi) is 6.57. The quantitative estimate of drug-likeness (QED) is 0.875. The van der Waals surface area contributed by atoms with Crippen LogP contribution in [0.5, 0.6) is 17.2 Å². The third kappa shape index (κ3) is 3.70. The molecule has 134 valence electrons. The van der Waals surface area contributed by atoms with Gasteiger partial charge in [0.25, 0.3) is 5.91 Å². The minimum Gasteiger partial charge on any atom is -0.493 e. The van der Waals surface area contributed by atoms with Crippen molar-refractivity contribution in [3.63, 3.8) is 0 Å². The average Bonchev–Trinajstić information content (AvgIpc) is 3.12. The molecule has 6 nitrogen and oxygen atoms in total. The van der Waals surface area contributed by atoms with Gasteiger partial charge in [-0.25, -0.2) is 0 Å². The van der Waals surface area contributed by atoms with Gasteiger partial charge in [-0.05, 0) is 31.5 Å². The summed E-state index contributed by atoms with van der Waals surface area (Å²) in [6.07, 6.45) is 1.93. The first-order valence-electron chi connectivity index (χ1n) is 8.24. The summed E-state index contributed by atoms with van der Waals surface area (Å²) in [5, 5.41) is 3.33. The molecule has 2 heterocycles. The average molecular weight is 357 g/mol. The van der Waals surface area contributed by atoms with Crippen LogP contribution in [0.3, 0.4) is 0 Å². The number of amides is 1. The van der Waals surface area contributed by atoms with Crippen molar-refractivity contribution in [1.29, 1.82) is 0 Å². The number of hydrogen-bond donors (Lipinski definition) is 1. The van der Waals surface area contributed by atoms with Gasteiger partial charge in [0.05, 0.1) is 7.11 Å². The van der Waals surface area contributed by atoms with E-state index in [-0.39, 0.29) is 24.4 Å². The van der Waals surface area contributed by atoms with Crippen LogP contribution in [0, 0.1) is 0 Å². The van der Waals surface area contributed by atoms with Crippen molar-refractivity contribution in [3.05, 3.63) is 17.7 Å². The highest BCUT2D eigenvalue weighted by Gasteiger charge is 2.29. The Hall–Kier alpha value is -1.66. The Bertz CT molecular complexity index is 559. The number of carbonyl (C=O) groups is 1. The molecule has 3 rings (SSSR count). The van der Waals surface area contributed by atoms with Crippen LogP contribution in [-0.2, 0) is 0 Å². The second kappa shape index (κ2) is 8.44. The molecular weight excluding hydrogens is 332 g/mol. The molecule has 7 heteroatoms. The van der Waals surface area contributed by atoms with Crippen LogP contribution in [-0.4, -0.2) is 56.8 Å². The lowest BCUT2D eigenvalue weighted by Crippen LogP contribution is -2.42. The fraction of sp³-hybridized carbons (Fsp3) is 0.588. The summed E-state index contributed by atoms with van der Waals surface area (Å²) in [5.41, 5.74) is 0.589. The van der Waals surface area contributed by atoms with E-state index in [1.807, 2.05) is 4.90 Å². The maximum absolute atomic E-state index is 13.0. The van der Waals surface area contributed by atoms with Crippen molar-refractivity contribution in [1.82, 2.24) is 10.2 Å². The molecule has 1 unspecified atom stereocenters. The molecule has 1 N–H and O–H groups in total. The molecule has 1 aromatic rings. The van der Waals surface area contributed by atoms with Gasteiger partial charge in [-0.2, -0.15) is 0 Å². The maximum atomic E-state index is 13.0. The van der Waals surface area contributed by atoms with Gasteiger partial charge in [0.15, 0.2) is 11.5 Å². The summed E-state index contributed by atoms with van der Waals surface area (Å²) >= 11 is 0. The molecule has 1 saturated heterocycles. The molecule has 0 aromatic heterocycles. The Morgan fingerprint density at radius 2 is 2.17 bits per heavy atom. The molecule has 0 bridgehead atoms. The molecule has 2 aliphatic rings. The zero-order valence-electron chi connectivity index (χ0n) is 14.2. The number of carbonyl (C=O) groups excluding carboxylic acids is 1. The summed E-state index contributed by atoms with van der Waals surface area (Å²) in [6, 6.07) is 3.77. The van der Waals surface area contributed by atoms with Gasteiger partial charge in [0.1, 0.15) is 13.2 Å². The lowest BCUT2D eigenvalue weighted by molar-refractivity contribution is 0.0690. The summed E-state index contributed by atoms with van der Waals surface area (Å²) in [7, 11) is 1.58. The lowest BCUT2D eigenvalue weighted by atomic mass is 10.1. The van der Waals surface area contributed by atoms with Crippen molar-refractivity contribution in [3.8, 4) is 17.2 Å². The Morgan fingerprint density at radius 1 is 1.38 bits per heavy atom. The Balaban J connectivity index is 0.00000208. The molecule has 0 spiro atoms. The van der Waals surface area contributed by atoms with E-state index < -0.39 is 0 Å². The summed E-state index contributed by atoms with van der Waals surface area (Å²) in [5.74, 6) is 1.74. The van der Waals surface area contributed by atoms with E-state index in [0.717, 1.165) is 32.5 Å². The zero-order valence-corrected chi connectivity index (χ0v) is 15.0. The molecular formula is C17H25ClN2O4. The van der Waals surface area contributed by atoms with Gasteiger partial charge < -0.3 is 24.4 Å². The van der Waals surface area contributed by atoms with E-state index >= 15 is 0 Å². The van der Waals surface area contributed by atoms with Crippen LogP contribution >= 0.6 is 12.4 Å². The summed E-state index contributed by atoms with van der Waals surface area (Å²) in [4.78, 5) is 15.0. The number of halogens is 1. The van der Waals surface area contributed by atoms with Crippen LogP contribution in [0.4, 0.5) is 0 Å². The van der Waals surface area contributed by atoms with E-state index in [0.29, 0.717) is 36.0 Å². The van der Waals surface area contributed by atoms with Crippen LogP contribution in [0.2, 0.25) is 0 Å². The second-order valence-electron chi connectivity index (χ2n) is 5.85. The van der Waals surface area contributed by atoms with Crippen molar-refractivity contribution in [2.24, 2.45) is 0 Å².